The van der Waals surface area contributed by atoms with Crippen LogP contribution in [-0.2, 0) is 10.5 Å². The van der Waals surface area contributed by atoms with E-state index in [1.807, 2.05) is 10.6 Å². The Morgan fingerprint density at radius 1 is 1.40 bits per heavy atom. The van der Waals surface area contributed by atoms with E-state index in [2.05, 4.69) is 15.2 Å². The molecule has 0 atom stereocenters. The van der Waals surface area contributed by atoms with Crippen LogP contribution in [0.4, 0.5) is 5.13 Å². The summed E-state index contributed by atoms with van der Waals surface area (Å²) >= 11 is 15.1. The maximum atomic E-state index is 11.8. The van der Waals surface area contributed by atoms with Crippen LogP contribution in [0.2, 0.25) is 10.0 Å². The molecule has 1 amide bonds. The molecule has 0 bridgehead atoms. The highest BCUT2D eigenvalue weighted by Crippen LogP contribution is 2.36. The first-order valence-corrected chi connectivity index (χ1v) is 10.2. The minimum atomic E-state index is 0.0158. The van der Waals surface area contributed by atoms with Gasteiger partial charge in [-0.25, -0.2) is 4.98 Å². The molecule has 0 radical (unpaired) electrons. The average molecular weight is 414 g/mol. The van der Waals surface area contributed by atoms with Crippen molar-refractivity contribution >= 4 is 63.0 Å². The molecule has 0 aromatic carbocycles. The Morgan fingerprint density at radius 2 is 2.20 bits per heavy atom. The highest BCUT2D eigenvalue weighted by Gasteiger charge is 2.34. The first kappa shape index (κ1) is 17.1. The molecule has 0 aliphatic heterocycles. The van der Waals surface area contributed by atoms with Crippen molar-refractivity contribution in [3.63, 3.8) is 0 Å². The quantitative estimate of drug-likeness (QED) is 0.460. The van der Waals surface area contributed by atoms with Crippen molar-refractivity contribution in [1.82, 2.24) is 19.6 Å². The summed E-state index contributed by atoms with van der Waals surface area (Å²) in [5.41, 5.74) is 1.55. The van der Waals surface area contributed by atoms with Gasteiger partial charge < -0.3 is 4.40 Å². The molecule has 0 N–H and O–H groups in total. The van der Waals surface area contributed by atoms with Crippen LogP contribution in [0.5, 0.6) is 0 Å². The topological polar surface area (TPSA) is 63.4 Å². The number of anilines is 1. The van der Waals surface area contributed by atoms with Crippen LogP contribution in [0.15, 0.2) is 22.8 Å². The van der Waals surface area contributed by atoms with Crippen molar-refractivity contribution in [3.8, 4) is 0 Å². The molecule has 1 aliphatic rings. The number of aromatic nitrogens is 4. The van der Waals surface area contributed by atoms with Crippen LogP contribution >= 0.6 is 46.3 Å². The molecule has 10 heteroatoms. The van der Waals surface area contributed by atoms with E-state index in [4.69, 9.17) is 23.2 Å². The zero-order chi connectivity index (χ0) is 17.6. The molecule has 25 heavy (non-hydrogen) atoms. The molecule has 0 saturated heterocycles. The second kappa shape index (κ2) is 6.75. The number of halogens is 2. The van der Waals surface area contributed by atoms with Gasteiger partial charge in [0, 0.05) is 31.1 Å². The number of hydrogen-bond donors (Lipinski definition) is 0. The van der Waals surface area contributed by atoms with E-state index in [1.165, 1.54) is 23.1 Å². The Hall–Kier alpha value is -1.35. The fourth-order valence-corrected chi connectivity index (χ4v) is 4.89. The monoisotopic (exact) mass is 413 g/mol. The lowest BCUT2D eigenvalue weighted by Gasteiger charge is -2.15. The smallest absolute Gasteiger partial charge is 0.225 e. The van der Waals surface area contributed by atoms with Gasteiger partial charge in [-0.1, -0.05) is 46.3 Å². The zero-order valence-corrected chi connectivity index (χ0v) is 16.3. The van der Waals surface area contributed by atoms with E-state index in [0.717, 1.165) is 22.9 Å². The summed E-state index contributed by atoms with van der Waals surface area (Å²) in [7, 11) is 0. The van der Waals surface area contributed by atoms with Crippen LogP contribution in [-0.4, -0.2) is 31.5 Å². The van der Waals surface area contributed by atoms with Gasteiger partial charge in [0.25, 0.3) is 0 Å². The van der Waals surface area contributed by atoms with Crippen molar-refractivity contribution in [2.45, 2.75) is 35.9 Å². The minimum Gasteiger partial charge on any atom is -0.304 e. The number of carbonyl (C=O) groups is 1. The third-order valence-corrected chi connectivity index (χ3v) is 6.29. The normalized spacial score (nSPS) is 14.2. The first-order chi connectivity index (χ1) is 12.0. The molecule has 0 spiro atoms. The number of fused-ring (bicyclic) bond motifs is 1. The van der Waals surface area contributed by atoms with Crippen LogP contribution in [0, 0.1) is 0 Å². The number of carbonyl (C=O) groups excluding carboxylic acids is 1. The number of amides is 1. The number of rotatable bonds is 5. The fourth-order valence-electron chi connectivity index (χ4n) is 2.52. The van der Waals surface area contributed by atoms with Gasteiger partial charge in [0.05, 0.1) is 15.7 Å². The Morgan fingerprint density at radius 3 is 2.92 bits per heavy atom. The average Bonchev–Trinajstić information content (AvgIpc) is 3.10. The van der Waals surface area contributed by atoms with Crippen molar-refractivity contribution in [2.75, 3.05) is 4.90 Å². The third-order valence-electron chi connectivity index (χ3n) is 3.72. The van der Waals surface area contributed by atoms with Gasteiger partial charge in [-0.2, -0.15) is 0 Å². The highest BCUT2D eigenvalue weighted by molar-refractivity contribution is 8.00. The van der Waals surface area contributed by atoms with E-state index < -0.39 is 0 Å². The highest BCUT2D eigenvalue weighted by atomic mass is 35.5. The van der Waals surface area contributed by atoms with Gasteiger partial charge in [-0.05, 0) is 18.9 Å². The number of pyridine rings is 1. The third kappa shape index (κ3) is 3.62. The van der Waals surface area contributed by atoms with Gasteiger partial charge >= 0.3 is 0 Å². The molecule has 130 valence electrons. The van der Waals surface area contributed by atoms with Crippen molar-refractivity contribution < 1.29 is 4.79 Å². The molecule has 3 aromatic heterocycles. The second-order valence-electron chi connectivity index (χ2n) is 5.73. The van der Waals surface area contributed by atoms with Gasteiger partial charge in [-0.3, -0.25) is 9.69 Å². The van der Waals surface area contributed by atoms with Crippen molar-refractivity contribution in [1.29, 1.82) is 0 Å². The van der Waals surface area contributed by atoms with Gasteiger partial charge in [-0.15, -0.1) is 10.2 Å². The van der Waals surface area contributed by atoms with Gasteiger partial charge in [0.1, 0.15) is 0 Å². The maximum absolute atomic E-state index is 11.8. The van der Waals surface area contributed by atoms with E-state index >= 15 is 0 Å². The molecule has 3 heterocycles. The van der Waals surface area contributed by atoms with Crippen LogP contribution in [0.3, 0.4) is 0 Å². The van der Waals surface area contributed by atoms with Gasteiger partial charge in [0.15, 0.2) is 9.99 Å². The Kier molecular flexibility index (Phi) is 4.61. The number of imidazole rings is 1. The molecular formula is C15H13Cl2N5OS2. The van der Waals surface area contributed by atoms with Crippen LogP contribution in [0.1, 0.15) is 25.5 Å². The Balaban J connectivity index is 1.48. The second-order valence-corrected chi connectivity index (χ2v) is 8.75. The molecule has 3 aromatic rings. The van der Waals surface area contributed by atoms with Crippen molar-refractivity contribution in [2.24, 2.45) is 0 Å². The van der Waals surface area contributed by atoms with E-state index in [-0.39, 0.29) is 11.9 Å². The predicted molar refractivity (Wildman–Crippen MR) is 101 cm³/mol. The molecular weight excluding hydrogens is 401 g/mol. The SMILES string of the molecule is CC(=O)N(c1nnc(SCc2cn3cc(Cl)cc(Cl)c3n2)s1)C1CC1. The van der Waals surface area contributed by atoms with E-state index in [1.54, 1.807) is 24.1 Å². The number of nitrogens with zero attached hydrogens (tertiary/aromatic N) is 5. The summed E-state index contributed by atoms with van der Waals surface area (Å²) in [6, 6.07) is 1.96. The summed E-state index contributed by atoms with van der Waals surface area (Å²) in [6.07, 6.45) is 5.74. The summed E-state index contributed by atoms with van der Waals surface area (Å²) in [6.45, 7) is 1.57. The first-order valence-electron chi connectivity index (χ1n) is 7.60. The fraction of sp³-hybridized carbons (Fsp3) is 0.333. The Labute approximate surface area is 162 Å². The molecule has 1 saturated carbocycles. The Bertz CT molecular complexity index is 953. The number of thioether (sulfide) groups is 1. The van der Waals surface area contributed by atoms with Gasteiger partial charge in [0.2, 0.25) is 11.0 Å². The molecule has 6 nitrogen and oxygen atoms in total. The maximum Gasteiger partial charge on any atom is 0.225 e. The lowest BCUT2D eigenvalue weighted by Crippen LogP contribution is -2.30. The number of hydrogen-bond acceptors (Lipinski definition) is 6. The van der Waals surface area contributed by atoms with Crippen LogP contribution < -0.4 is 4.90 Å². The summed E-state index contributed by atoms with van der Waals surface area (Å²) in [4.78, 5) is 18.1. The minimum absolute atomic E-state index is 0.0158. The largest absolute Gasteiger partial charge is 0.304 e. The standard InChI is InChI=1S/C15H13Cl2N5OS2/c1-8(23)22(11-2-3-11)14-19-20-15(25-14)24-7-10-6-21-5-9(16)4-12(17)13(21)18-10/h4-6,11H,2-3,7H2,1H3. The zero-order valence-electron chi connectivity index (χ0n) is 13.1. The lowest BCUT2D eigenvalue weighted by atomic mass is 10.5. The molecule has 0 unspecified atom stereocenters. The van der Waals surface area contributed by atoms with E-state index in [9.17, 15) is 4.79 Å². The summed E-state index contributed by atoms with van der Waals surface area (Å²) in [5.74, 6) is 0.649. The predicted octanol–water partition coefficient (Wildman–Crippen LogP) is 4.30. The summed E-state index contributed by atoms with van der Waals surface area (Å²) < 4.78 is 2.62. The molecule has 4 rings (SSSR count). The lowest BCUT2D eigenvalue weighted by molar-refractivity contribution is -0.116. The van der Waals surface area contributed by atoms with Crippen LogP contribution in [0.25, 0.3) is 5.65 Å². The molecule has 1 aliphatic carbocycles. The molecule has 1 fully saturated rings. The van der Waals surface area contributed by atoms with E-state index in [0.29, 0.717) is 26.6 Å². The van der Waals surface area contributed by atoms with Crippen molar-refractivity contribution in [3.05, 3.63) is 34.2 Å². The summed E-state index contributed by atoms with van der Waals surface area (Å²) in [5, 5.41) is 10.1.